The fraction of sp³-hybridized carbons (Fsp3) is 0.333. The monoisotopic (exact) mass is 436 g/mol. The summed E-state index contributed by atoms with van der Waals surface area (Å²) in [7, 11) is 0. The average Bonchev–Trinajstić information content (AvgIpc) is 3.16. The third kappa shape index (κ3) is 5.41. The van der Waals surface area contributed by atoms with E-state index in [0.29, 0.717) is 5.16 Å². The number of Topliss-reactive ketones (excluding diaryl/α,β-unsaturated/α-hetero) is 1. The molecule has 0 aliphatic heterocycles. The van der Waals surface area contributed by atoms with E-state index in [1.54, 1.807) is 0 Å². The summed E-state index contributed by atoms with van der Waals surface area (Å²) in [6.07, 6.45) is 0. The average molecular weight is 437 g/mol. The third-order valence-corrected chi connectivity index (χ3v) is 6.10. The van der Waals surface area contributed by atoms with Gasteiger partial charge in [0, 0.05) is 5.56 Å². The SMILES string of the molecule is CC(=O)C(NC(=O)CSc1nnc(-c2ccccc2)n1-c1ccc(C)c(C)c1)C(C)C. The van der Waals surface area contributed by atoms with Crippen molar-refractivity contribution in [3.63, 3.8) is 0 Å². The van der Waals surface area contributed by atoms with Crippen molar-refractivity contribution in [3.8, 4) is 17.1 Å². The number of rotatable bonds is 8. The van der Waals surface area contributed by atoms with Gasteiger partial charge in [-0.05, 0) is 49.9 Å². The van der Waals surface area contributed by atoms with Crippen LogP contribution in [0.5, 0.6) is 0 Å². The summed E-state index contributed by atoms with van der Waals surface area (Å²) in [4.78, 5) is 24.3. The number of amides is 1. The van der Waals surface area contributed by atoms with Crippen molar-refractivity contribution in [2.75, 3.05) is 5.75 Å². The summed E-state index contributed by atoms with van der Waals surface area (Å²) in [6.45, 7) is 9.48. The van der Waals surface area contributed by atoms with E-state index in [1.807, 2.05) is 54.8 Å². The van der Waals surface area contributed by atoms with Crippen LogP contribution in [0.2, 0.25) is 0 Å². The lowest BCUT2D eigenvalue weighted by Gasteiger charge is -2.19. The van der Waals surface area contributed by atoms with Crippen LogP contribution < -0.4 is 5.32 Å². The van der Waals surface area contributed by atoms with Crippen molar-refractivity contribution in [2.45, 2.75) is 45.8 Å². The number of hydrogen-bond donors (Lipinski definition) is 1. The largest absolute Gasteiger partial charge is 0.345 e. The molecule has 2 aromatic carbocycles. The van der Waals surface area contributed by atoms with Crippen LogP contribution in [0.1, 0.15) is 31.9 Å². The number of ketones is 1. The summed E-state index contributed by atoms with van der Waals surface area (Å²) in [6, 6.07) is 15.6. The Morgan fingerprint density at radius 1 is 1.03 bits per heavy atom. The van der Waals surface area contributed by atoms with Gasteiger partial charge in [0.15, 0.2) is 16.8 Å². The molecule has 1 amide bonds. The van der Waals surface area contributed by atoms with Crippen molar-refractivity contribution in [3.05, 3.63) is 59.7 Å². The first-order chi connectivity index (χ1) is 14.8. The summed E-state index contributed by atoms with van der Waals surface area (Å²) in [5.41, 5.74) is 4.26. The van der Waals surface area contributed by atoms with E-state index in [1.165, 1.54) is 29.8 Å². The molecule has 0 aliphatic carbocycles. The molecule has 1 aromatic heterocycles. The summed E-state index contributed by atoms with van der Waals surface area (Å²) < 4.78 is 1.98. The van der Waals surface area contributed by atoms with Gasteiger partial charge in [0.1, 0.15) is 0 Å². The number of carbonyl (C=O) groups excluding carboxylic acids is 2. The number of hydrogen-bond acceptors (Lipinski definition) is 5. The zero-order chi connectivity index (χ0) is 22.5. The molecule has 1 atom stereocenters. The van der Waals surface area contributed by atoms with E-state index < -0.39 is 6.04 Å². The lowest BCUT2D eigenvalue weighted by Crippen LogP contribution is -2.44. The molecular weight excluding hydrogens is 408 g/mol. The molecule has 1 N–H and O–H groups in total. The van der Waals surface area contributed by atoms with Gasteiger partial charge in [0.2, 0.25) is 5.91 Å². The van der Waals surface area contributed by atoms with E-state index in [2.05, 4.69) is 41.5 Å². The molecule has 7 heteroatoms. The zero-order valence-corrected chi connectivity index (χ0v) is 19.4. The highest BCUT2D eigenvalue weighted by molar-refractivity contribution is 7.99. The smallest absolute Gasteiger partial charge is 0.231 e. The van der Waals surface area contributed by atoms with Gasteiger partial charge in [-0.25, -0.2) is 0 Å². The van der Waals surface area contributed by atoms with Gasteiger partial charge in [0.05, 0.1) is 17.5 Å². The van der Waals surface area contributed by atoms with Crippen LogP contribution in [-0.2, 0) is 9.59 Å². The normalized spacial score (nSPS) is 12.1. The van der Waals surface area contributed by atoms with Crippen LogP contribution in [0, 0.1) is 19.8 Å². The Labute approximate surface area is 187 Å². The van der Waals surface area contributed by atoms with Crippen LogP contribution in [-0.4, -0.2) is 38.2 Å². The van der Waals surface area contributed by atoms with E-state index >= 15 is 0 Å². The second-order valence-electron chi connectivity index (χ2n) is 7.96. The molecule has 0 aliphatic rings. The summed E-state index contributed by atoms with van der Waals surface area (Å²) in [5, 5.41) is 12.2. The fourth-order valence-electron chi connectivity index (χ4n) is 3.32. The highest BCUT2D eigenvalue weighted by atomic mass is 32.2. The first kappa shape index (κ1) is 22.7. The maximum atomic E-state index is 12.5. The molecule has 0 radical (unpaired) electrons. The highest BCUT2D eigenvalue weighted by Gasteiger charge is 2.22. The number of aryl methyl sites for hydroxylation is 2. The molecular formula is C24H28N4O2S. The minimum absolute atomic E-state index is 0.0373. The Kier molecular flexibility index (Phi) is 7.28. The maximum Gasteiger partial charge on any atom is 0.231 e. The second-order valence-corrected chi connectivity index (χ2v) is 8.91. The van der Waals surface area contributed by atoms with Crippen molar-refractivity contribution in [1.82, 2.24) is 20.1 Å². The number of carbonyl (C=O) groups is 2. The van der Waals surface area contributed by atoms with E-state index in [4.69, 9.17) is 0 Å². The first-order valence-electron chi connectivity index (χ1n) is 10.3. The molecule has 162 valence electrons. The van der Waals surface area contributed by atoms with Crippen LogP contribution in [0.25, 0.3) is 17.1 Å². The van der Waals surface area contributed by atoms with Crippen molar-refractivity contribution in [2.24, 2.45) is 5.92 Å². The second kappa shape index (κ2) is 9.92. The van der Waals surface area contributed by atoms with E-state index in [9.17, 15) is 9.59 Å². The molecule has 0 bridgehead atoms. The Balaban J connectivity index is 1.90. The summed E-state index contributed by atoms with van der Waals surface area (Å²) in [5.74, 6) is 0.660. The molecule has 0 saturated carbocycles. The Morgan fingerprint density at radius 3 is 2.35 bits per heavy atom. The molecule has 6 nitrogen and oxygen atoms in total. The van der Waals surface area contributed by atoms with Gasteiger partial charge in [-0.1, -0.05) is 62.0 Å². The van der Waals surface area contributed by atoms with Crippen molar-refractivity contribution in [1.29, 1.82) is 0 Å². The Hall–Kier alpha value is -2.93. The first-order valence-corrected chi connectivity index (χ1v) is 11.3. The quantitative estimate of drug-likeness (QED) is 0.531. The molecule has 31 heavy (non-hydrogen) atoms. The molecule has 0 fully saturated rings. The molecule has 0 saturated heterocycles. The Morgan fingerprint density at radius 2 is 1.74 bits per heavy atom. The van der Waals surface area contributed by atoms with Gasteiger partial charge in [-0.15, -0.1) is 10.2 Å². The summed E-state index contributed by atoms with van der Waals surface area (Å²) >= 11 is 1.31. The fourth-order valence-corrected chi connectivity index (χ4v) is 4.08. The van der Waals surface area contributed by atoms with Gasteiger partial charge < -0.3 is 5.32 Å². The van der Waals surface area contributed by atoms with Crippen LogP contribution in [0.15, 0.2) is 53.7 Å². The maximum absolute atomic E-state index is 12.5. The number of nitrogens with zero attached hydrogens (tertiary/aromatic N) is 3. The minimum atomic E-state index is -0.481. The number of nitrogens with one attached hydrogen (secondary N) is 1. The number of benzene rings is 2. The molecule has 3 aromatic rings. The van der Waals surface area contributed by atoms with Crippen LogP contribution >= 0.6 is 11.8 Å². The van der Waals surface area contributed by atoms with Crippen molar-refractivity contribution >= 4 is 23.5 Å². The standard InChI is InChI=1S/C24H28N4O2S/c1-15(2)22(18(5)29)25-21(30)14-31-24-27-26-23(19-9-7-6-8-10-19)28(24)20-12-11-16(3)17(4)13-20/h6-13,15,22H,14H2,1-5H3,(H,25,30). The third-order valence-electron chi connectivity index (χ3n) is 5.17. The van der Waals surface area contributed by atoms with Crippen LogP contribution in [0.4, 0.5) is 0 Å². The number of thioether (sulfide) groups is 1. The van der Waals surface area contributed by atoms with Gasteiger partial charge in [-0.3, -0.25) is 14.2 Å². The predicted octanol–water partition coefficient (Wildman–Crippen LogP) is 4.37. The Bertz CT molecular complexity index is 1080. The highest BCUT2D eigenvalue weighted by Crippen LogP contribution is 2.28. The van der Waals surface area contributed by atoms with E-state index in [-0.39, 0.29) is 23.4 Å². The lowest BCUT2D eigenvalue weighted by atomic mass is 10.0. The van der Waals surface area contributed by atoms with Crippen molar-refractivity contribution < 1.29 is 9.59 Å². The molecule has 1 unspecified atom stereocenters. The number of aromatic nitrogens is 3. The van der Waals surface area contributed by atoms with Gasteiger partial charge in [-0.2, -0.15) is 0 Å². The molecule has 3 rings (SSSR count). The minimum Gasteiger partial charge on any atom is -0.345 e. The van der Waals surface area contributed by atoms with Gasteiger partial charge >= 0.3 is 0 Å². The lowest BCUT2D eigenvalue weighted by molar-refractivity contribution is -0.126. The zero-order valence-electron chi connectivity index (χ0n) is 18.5. The predicted molar refractivity (Wildman–Crippen MR) is 124 cm³/mol. The molecule has 0 spiro atoms. The topological polar surface area (TPSA) is 76.9 Å². The van der Waals surface area contributed by atoms with E-state index in [0.717, 1.165) is 17.1 Å². The van der Waals surface area contributed by atoms with Gasteiger partial charge in [0.25, 0.3) is 0 Å². The molecule has 1 heterocycles. The van der Waals surface area contributed by atoms with Crippen LogP contribution in [0.3, 0.4) is 0 Å².